The number of anilines is 3. The van der Waals surface area contributed by atoms with Gasteiger partial charge in [0.1, 0.15) is 0 Å². The summed E-state index contributed by atoms with van der Waals surface area (Å²) in [5, 5.41) is 7.93. The van der Waals surface area contributed by atoms with Crippen LogP contribution >= 0.6 is 0 Å². The summed E-state index contributed by atoms with van der Waals surface area (Å²) in [5.74, 6) is 0.540. The summed E-state index contributed by atoms with van der Waals surface area (Å²) >= 11 is 0. The van der Waals surface area contributed by atoms with Crippen LogP contribution in [0.1, 0.15) is 0 Å². The van der Waals surface area contributed by atoms with Gasteiger partial charge in [-0.2, -0.15) is 4.98 Å². The van der Waals surface area contributed by atoms with Crippen molar-refractivity contribution in [1.29, 1.82) is 0 Å². The van der Waals surface area contributed by atoms with Crippen molar-refractivity contribution in [3.05, 3.63) is 66.9 Å². The first kappa shape index (κ1) is 19.7. The Balaban J connectivity index is 1.43. The van der Waals surface area contributed by atoms with Crippen molar-refractivity contribution < 1.29 is 8.95 Å². The molecule has 1 N–H and O–H groups in total. The predicted octanol–water partition coefficient (Wildman–Crippen LogP) is 3.71. The molecule has 31 heavy (non-hydrogen) atoms. The molecule has 4 aromatic rings. The Morgan fingerprint density at radius 1 is 1.03 bits per heavy atom. The van der Waals surface area contributed by atoms with Gasteiger partial charge in [-0.05, 0) is 48.0 Å². The lowest BCUT2D eigenvalue weighted by Crippen LogP contribution is -2.36. The van der Waals surface area contributed by atoms with Crippen molar-refractivity contribution in [2.75, 3.05) is 42.8 Å². The molecule has 8 heteroatoms. The molecule has 2 aromatic heterocycles. The highest BCUT2D eigenvalue weighted by molar-refractivity contribution is 7.84. The molecule has 0 aliphatic carbocycles. The second-order valence-corrected chi connectivity index (χ2v) is 8.76. The van der Waals surface area contributed by atoms with Crippen LogP contribution in [0.15, 0.2) is 71.8 Å². The molecule has 0 spiro atoms. The van der Waals surface area contributed by atoms with Crippen LogP contribution in [0.25, 0.3) is 16.8 Å². The highest BCUT2D eigenvalue weighted by Crippen LogP contribution is 2.27. The first-order valence-electron chi connectivity index (χ1n) is 10.2. The highest BCUT2D eigenvalue weighted by Gasteiger charge is 2.13. The summed E-state index contributed by atoms with van der Waals surface area (Å²) in [7, 11) is -0.997. The number of nitrogens with one attached hydrogen (secondary N) is 1. The molecule has 158 valence electrons. The van der Waals surface area contributed by atoms with Crippen LogP contribution in [0.2, 0.25) is 0 Å². The molecule has 1 aliphatic heterocycles. The second kappa shape index (κ2) is 8.49. The predicted molar refractivity (Wildman–Crippen MR) is 124 cm³/mol. The molecular weight excluding hydrogens is 410 g/mol. The van der Waals surface area contributed by atoms with E-state index in [0.29, 0.717) is 5.95 Å². The number of hydrogen-bond donors (Lipinski definition) is 1. The molecule has 2 aromatic carbocycles. The van der Waals surface area contributed by atoms with Crippen molar-refractivity contribution in [3.8, 4) is 11.1 Å². The van der Waals surface area contributed by atoms with Gasteiger partial charge < -0.3 is 15.0 Å². The van der Waals surface area contributed by atoms with Crippen LogP contribution in [0.5, 0.6) is 0 Å². The number of nitrogens with zero attached hydrogens (tertiary/aromatic N) is 4. The highest BCUT2D eigenvalue weighted by atomic mass is 32.2. The molecule has 1 saturated heterocycles. The number of pyridine rings is 1. The van der Waals surface area contributed by atoms with E-state index in [1.54, 1.807) is 10.8 Å². The summed E-state index contributed by atoms with van der Waals surface area (Å²) in [5.41, 5.74) is 4.84. The van der Waals surface area contributed by atoms with Gasteiger partial charge in [0.15, 0.2) is 5.65 Å². The van der Waals surface area contributed by atoms with Crippen LogP contribution in [0.3, 0.4) is 0 Å². The Bertz CT molecular complexity index is 1230. The van der Waals surface area contributed by atoms with E-state index in [4.69, 9.17) is 9.72 Å². The molecule has 0 saturated carbocycles. The largest absolute Gasteiger partial charge is 0.378 e. The summed E-state index contributed by atoms with van der Waals surface area (Å²) < 4.78 is 18.9. The maximum atomic E-state index is 11.7. The van der Waals surface area contributed by atoms with Gasteiger partial charge in [0.2, 0.25) is 5.95 Å². The van der Waals surface area contributed by atoms with E-state index in [1.807, 2.05) is 54.7 Å². The van der Waals surface area contributed by atoms with Gasteiger partial charge in [0, 0.05) is 58.2 Å². The number of benzene rings is 2. The molecule has 1 aliphatic rings. The molecule has 3 heterocycles. The number of fused-ring (bicyclic) bond motifs is 1. The number of hydrogen-bond acceptors (Lipinski definition) is 6. The van der Waals surface area contributed by atoms with Crippen molar-refractivity contribution in [2.24, 2.45) is 0 Å². The summed E-state index contributed by atoms with van der Waals surface area (Å²) in [6.07, 6.45) is 3.57. The molecule has 0 amide bonds. The number of rotatable bonds is 5. The number of morpholine rings is 1. The van der Waals surface area contributed by atoms with E-state index in [0.717, 1.165) is 59.3 Å². The third-order valence-electron chi connectivity index (χ3n) is 5.34. The molecule has 0 bridgehead atoms. The summed E-state index contributed by atoms with van der Waals surface area (Å²) in [6, 6.07) is 20.0. The first-order valence-corrected chi connectivity index (χ1v) is 11.7. The van der Waals surface area contributed by atoms with E-state index >= 15 is 0 Å². The average molecular weight is 434 g/mol. The Hall–Kier alpha value is -3.23. The minimum Gasteiger partial charge on any atom is -0.378 e. The van der Waals surface area contributed by atoms with Crippen LogP contribution in [0.4, 0.5) is 17.3 Å². The molecule has 5 rings (SSSR count). The molecule has 0 radical (unpaired) electrons. The molecule has 7 nitrogen and oxygen atoms in total. The maximum Gasteiger partial charge on any atom is 0.247 e. The van der Waals surface area contributed by atoms with Gasteiger partial charge >= 0.3 is 0 Å². The Morgan fingerprint density at radius 2 is 1.84 bits per heavy atom. The first-order chi connectivity index (χ1) is 15.2. The number of aromatic nitrogens is 3. The topological polar surface area (TPSA) is 71.8 Å². The lowest BCUT2D eigenvalue weighted by molar-refractivity contribution is 0.122. The lowest BCUT2D eigenvalue weighted by Gasteiger charge is -2.29. The summed E-state index contributed by atoms with van der Waals surface area (Å²) in [4.78, 5) is 7.85. The van der Waals surface area contributed by atoms with Crippen LogP contribution < -0.4 is 10.2 Å². The zero-order valence-corrected chi connectivity index (χ0v) is 18.0. The zero-order chi connectivity index (χ0) is 21.2. The van der Waals surface area contributed by atoms with E-state index in [9.17, 15) is 4.21 Å². The minimum atomic E-state index is -0.997. The fourth-order valence-electron chi connectivity index (χ4n) is 3.74. The average Bonchev–Trinajstić information content (AvgIpc) is 3.22. The third kappa shape index (κ3) is 4.17. The van der Waals surface area contributed by atoms with Crippen LogP contribution in [0, 0.1) is 0 Å². The van der Waals surface area contributed by atoms with Crippen molar-refractivity contribution in [3.63, 3.8) is 0 Å². The lowest BCUT2D eigenvalue weighted by atomic mass is 10.1. The van der Waals surface area contributed by atoms with Gasteiger partial charge in [-0.25, -0.2) is 4.52 Å². The fraction of sp³-hybridized carbons (Fsp3) is 0.217. The van der Waals surface area contributed by atoms with Crippen molar-refractivity contribution in [1.82, 2.24) is 14.6 Å². The van der Waals surface area contributed by atoms with Crippen molar-refractivity contribution in [2.45, 2.75) is 4.90 Å². The van der Waals surface area contributed by atoms with Gasteiger partial charge in [-0.15, -0.1) is 5.10 Å². The standard InChI is InChI=1S/C23H23N5O2S/c1-31(29)20-9-7-17(8-10-20)21-6-3-11-28-22(21)25-23(26-28)24-18-4-2-5-19(16-18)27-12-14-30-15-13-27/h2-11,16H,12-15H2,1H3,(H,24,26). The maximum absolute atomic E-state index is 11.7. The second-order valence-electron chi connectivity index (χ2n) is 7.38. The third-order valence-corrected chi connectivity index (χ3v) is 6.27. The molecule has 1 fully saturated rings. The van der Waals surface area contributed by atoms with Crippen LogP contribution in [-0.2, 0) is 15.5 Å². The Labute approximate surface area is 183 Å². The quantitative estimate of drug-likeness (QED) is 0.517. The molecular formula is C23H23N5O2S. The Kier molecular flexibility index (Phi) is 5.40. The van der Waals surface area contributed by atoms with E-state index < -0.39 is 10.8 Å². The van der Waals surface area contributed by atoms with E-state index in [1.165, 1.54) is 0 Å². The molecule has 1 unspecified atom stereocenters. The van der Waals surface area contributed by atoms with Crippen molar-refractivity contribution >= 4 is 33.8 Å². The smallest absolute Gasteiger partial charge is 0.247 e. The van der Waals surface area contributed by atoms with E-state index in [-0.39, 0.29) is 0 Å². The van der Waals surface area contributed by atoms with E-state index in [2.05, 4.69) is 27.4 Å². The Morgan fingerprint density at radius 3 is 2.61 bits per heavy atom. The fourth-order valence-corrected chi connectivity index (χ4v) is 4.26. The minimum absolute atomic E-state index is 0.540. The summed E-state index contributed by atoms with van der Waals surface area (Å²) in [6.45, 7) is 3.29. The normalized spacial score (nSPS) is 15.2. The van der Waals surface area contributed by atoms with Gasteiger partial charge in [0.25, 0.3) is 0 Å². The van der Waals surface area contributed by atoms with Gasteiger partial charge in [0.05, 0.1) is 13.2 Å². The monoisotopic (exact) mass is 433 g/mol. The number of ether oxygens (including phenoxy) is 1. The zero-order valence-electron chi connectivity index (χ0n) is 17.2. The van der Waals surface area contributed by atoms with Gasteiger partial charge in [-0.3, -0.25) is 4.21 Å². The molecule has 1 atom stereocenters. The SMILES string of the molecule is CS(=O)c1ccc(-c2cccn3nc(Nc4cccc(N5CCOCC5)c4)nc23)cc1. The van der Waals surface area contributed by atoms with Gasteiger partial charge in [-0.1, -0.05) is 18.2 Å². The van der Waals surface area contributed by atoms with Crippen LogP contribution in [-0.4, -0.2) is 51.4 Å².